The van der Waals surface area contributed by atoms with Crippen molar-refractivity contribution < 1.29 is 0 Å². The van der Waals surface area contributed by atoms with Crippen LogP contribution in [-0.4, -0.2) is 13.3 Å². The van der Waals surface area contributed by atoms with Crippen molar-refractivity contribution in [2.45, 2.75) is 13.8 Å². The summed E-state index contributed by atoms with van der Waals surface area (Å²) in [5.41, 5.74) is 0.634. The van der Waals surface area contributed by atoms with E-state index in [0.717, 1.165) is 0 Å². The summed E-state index contributed by atoms with van der Waals surface area (Å²) in [6.07, 6.45) is 1.17. The molecule has 0 fully saturated rings. The minimum absolute atomic E-state index is 0.634. The second-order valence-corrected chi connectivity index (χ2v) is 0.920. The second kappa shape index (κ2) is 9.51. The molecular weight excluding hydrogens is 100 g/mol. The largest absolute Gasteiger partial charge is 0.387 e. The molecule has 0 aliphatic rings. The zero-order valence-electron chi connectivity index (χ0n) is 5.78. The predicted octanol–water partition coefficient (Wildman–Crippen LogP) is 1.40. The SMILES string of the molecule is C=C(C=N)NC.CC. The molecule has 0 heterocycles. The minimum Gasteiger partial charge on any atom is -0.387 e. The molecule has 0 aromatic rings. The standard InChI is InChI=1S/C4H8N2.C2H6/c1-4(3-5)6-2;1-2/h3,5-6H,1H2,2H3;1-2H3. The number of allylic oxidation sites excluding steroid dienone is 1. The Bertz CT molecular complexity index is 66.9. The Labute approximate surface area is 51.1 Å². The third kappa shape index (κ3) is 8.96. The van der Waals surface area contributed by atoms with Crippen molar-refractivity contribution in [2.75, 3.05) is 7.05 Å². The maximum Gasteiger partial charge on any atom is 0.0443 e. The molecule has 0 aromatic heterocycles. The lowest BCUT2D eigenvalue weighted by Gasteiger charge is -1.88. The van der Waals surface area contributed by atoms with Crippen LogP contribution in [0.15, 0.2) is 12.3 Å². The second-order valence-electron chi connectivity index (χ2n) is 0.920. The van der Waals surface area contributed by atoms with Crippen LogP contribution in [0.4, 0.5) is 0 Å². The molecule has 0 atom stereocenters. The summed E-state index contributed by atoms with van der Waals surface area (Å²) < 4.78 is 0. The first-order valence-corrected chi connectivity index (χ1v) is 2.68. The van der Waals surface area contributed by atoms with E-state index in [1.807, 2.05) is 13.8 Å². The van der Waals surface area contributed by atoms with Crippen molar-refractivity contribution in [1.29, 1.82) is 5.41 Å². The molecule has 0 saturated heterocycles. The van der Waals surface area contributed by atoms with E-state index >= 15 is 0 Å². The molecule has 2 N–H and O–H groups in total. The van der Waals surface area contributed by atoms with Gasteiger partial charge in [-0.2, -0.15) is 0 Å². The van der Waals surface area contributed by atoms with Crippen LogP contribution in [0.1, 0.15) is 13.8 Å². The predicted molar refractivity (Wildman–Crippen MR) is 38.3 cm³/mol. The van der Waals surface area contributed by atoms with Crippen LogP contribution in [0.25, 0.3) is 0 Å². The van der Waals surface area contributed by atoms with Gasteiger partial charge >= 0.3 is 0 Å². The number of nitrogens with one attached hydrogen (secondary N) is 2. The number of rotatable bonds is 2. The Kier molecular flexibility index (Phi) is 12.2. The number of hydrogen-bond acceptors (Lipinski definition) is 2. The molecule has 0 spiro atoms. The van der Waals surface area contributed by atoms with E-state index in [4.69, 9.17) is 5.41 Å². The third-order valence-corrected chi connectivity index (χ3v) is 0.495. The topological polar surface area (TPSA) is 35.9 Å². The van der Waals surface area contributed by atoms with Crippen molar-refractivity contribution in [3.8, 4) is 0 Å². The van der Waals surface area contributed by atoms with Gasteiger partial charge in [0.1, 0.15) is 0 Å². The Morgan fingerprint density at radius 1 is 1.62 bits per heavy atom. The fraction of sp³-hybridized carbons (Fsp3) is 0.500. The molecule has 0 rings (SSSR count). The molecule has 48 valence electrons. The van der Waals surface area contributed by atoms with E-state index in [0.29, 0.717) is 5.70 Å². The van der Waals surface area contributed by atoms with Crippen LogP contribution in [0.3, 0.4) is 0 Å². The first-order valence-electron chi connectivity index (χ1n) is 2.68. The highest BCUT2D eigenvalue weighted by atomic mass is 14.8. The highest BCUT2D eigenvalue weighted by Gasteiger charge is 1.70. The fourth-order valence-electron chi connectivity index (χ4n) is 0.0722. The monoisotopic (exact) mass is 114 g/mol. The summed E-state index contributed by atoms with van der Waals surface area (Å²) in [6, 6.07) is 0. The summed E-state index contributed by atoms with van der Waals surface area (Å²) in [4.78, 5) is 0. The summed E-state index contributed by atoms with van der Waals surface area (Å²) in [7, 11) is 1.73. The van der Waals surface area contributed by atoms with E-state index in [-0.39, 0.29) is 0 Å². The molecule has 8 heavy (non-hydrogen) atoms. The van der Waals surface area contributed by atoms with Gasteiger partial charge in [0, 0.05) is 19.0 Å². The van der Waals surface area contributed by atoms with Crippen LogP contribution in [0, 0.1) is 5.41 Å². The van der Waals surface area contributed by atoms with Crippen molar-refractivity contribution in [3.05, 3.63) is 12.3 Å². The number of hydrogen-bond donors (Lipinski definition) is 2. The van der Waals surface area contributed by atoms with Gasteiger partial charge in [0.15, 0.2) is 0 Å². The molecule has 0 amide bonds. The zero-order chi connectivity index (χ0) is 6.99. The van der Waals surface area contributed by atoms with Gasteiger partial charge in [-0.05, 0) is 0 Å². The van der Waals surface area contributed by atoms with Crippen molar-refractivity contribution in [3.63, 3.8) is 0 Å². The van der Waals surface area contributed by atoms with Crippen LogP contribution < -0.4 is 5.32 Å². The molecule has 0 unspecified atom stereocenters. The molecule has 0 bridgehead atoms. The first kappa shape index (κ1) is 10.2. The highest BCUT2D eigenvalue weighted by Crippen LogP contribution is 1.66. The first-order chi connectivity index (χ1) is 3.81. The normalized spacial score (nSPS) is 5.88. The third-order valence-electron chi connectivity index (χ3n) is 0.495. The molecule has 0 aliphatic carbocycles. The summed E-state index contributed by atoms with van der Waals surface area (Å²) in [6.45, 7) is 7.44. The van der Waals surface area contributed by atoms with Crippen LogP contribution in [0.5, 0.6) is 0 Å². The van der Waals surface area contributed by atoms with Crippen molar-refractivity contribution in [1.82, 2.24) is 5.32 Å². The molecule has 2 heteroatoms. The van der Waals surface area contributed by atoms with Crippen LogP contribution in [0.2, 0.25) is 0 Å². The van der Waals surface area contributed by atoms with Gasteiger partial charge in [-0.15, -0.1) is 0 Å². The smallest absolute Gasteiger partial charge is 0.0443 e. The summed E-state index contributed by atoms with van der Waals surface area (Å²) in [5, 5.41) is 9.20. The van der Waals surface area contributed by atoms with Crippen LogP contribution >= 0.6 is 0 Å². The summed E-state index contributed by atoms with van der Waals surface area (Å²) in [5.74, 6) is 0. The average Bonchev–Trinajstić information content (AvgIpc) is 1.91. The maximum absolute atomic E-state index is 6.52. The molecule has 0 aliphatic heterocycles. The lowest BCUT2D eigenvalue weighted by molar-refractivity contribution is 1.06. The molecule has 0 saturated carbocycles. The van der Waals surface area contributed by atoms with E-state index in [2.05, 4.69) is 11.9 Å². The highest BCUT2D eigenvalue weighted by molar-refractivity contribution is 5.73. The van der Waals surface area contributed by atoms with E-state index in [1.54, 1.807) is 7.05 Å². The minimum atomic E-state index is 0.634. The Balaban J connectivity index is 0. The lowest BCUT2D eigenvalue weighted by Crippen LogP contribution is -2.03. The lowest BCUT2D eigenvalue weighted by atomic mass is 10.6. The van der Waals surface area contributed by atoms with Gasteiger partial charge in [-0.1, -0.05) is 20.4 Å². The molecule has 2 nitrogen and oxygen atoms in total. The Morgan fingerprint density at radius 3 is 2.00 bits per heavy atom. The van der Waals surface area contributed by atoms with Crippen LogP contribution in [-0.2, 0) is 0 Å². The summed E-state index contributed by atoms with van der Waals surface area (Å²) >= 11 is 0. The van der Waals surface area contributed by atoms with Gasteiger partial charge in [0.05, 0.1) is 0 Å². The Morgan fingerprint density at radius 2 is 2.00 bits per heavy atom. The zero-order valence-corrected chi connectivity index (χ0v) is 5.78. The van der Waals surface area contributed by atoms with E-state index in [9.17, 15) is 0 Å². The van der Waals surface area contributed by atoms with E-state index < -0.39 is 0 Å². The quantitative estimate of drug-likeness (QED) is 0.523. The fourth-order valence-corrected chi connectivity index (χ4v) is 0.0722. The average molecular weight is 114 g/mol. The van der Waals surface area contributed by atoms with E-state index in [1.165, 1.54) is 6.21 Å². The molecular formula is C6H14N2. The van der Waals surface area contributed by atoms with Gasteiger partial charge in [0.2, 0.25) is 0 Å². The van der Waals surface area contributed by atoms with Gasteiger partial charge < -0.3 is 10.7 Å². The van der Waals surface area contributed by atoms with Gasteiger partial charge in [-0.3, -0.25) is 0 Å². The van der Waals surface area contributed by atoms with Crippen molar-refractivity contribution in [2.24, 2.45) is 0 Å². The van der Waals surface area contributed by atoms with Gasteiger partial charge in [0.25, 0.3) is 0 Å². The molecule has 0 aromatic carbocycles. The maximum atomic E-state index is 6.52. The van der Waals surface area contributed by atoms with Crippen molar-refractivity contribution >= 4 is 6.21 Å². The van der Waals surface area contributed by atoms with Gasteiger partial charge in [-0.25, -0.2) is 0 Å². The Hall–Kier alpha value is -0.790. The molecule has 0 radical (unpaired) electrons.